The summed E-state index contributed by atoms with van der Waals surface area (Å²) in [5, 5.41) is 3.20. The summed E-state index contributed by atoms with van der Waals surface area (Å²) in [6, 6.07) is 12.9. The molecule has 1 aromatic carbocycles. The summed E-state index contributed by atoms with van der Waals surface area (Å²) in [5.41, 5.74) is 4.32. The van der Waals surface area contributed by atoms with Crippen LogP contribution >= 0.6 is 0 Å². The third-order valence-corrected chi connectivity index (χ3v) is 7.28. The van der Waals surface area contributed by atoms with E-state index in [0.29, 0.717) is 24.4 Å². The lowest BCUT2D eigenvalue weighted by molar-refractivity contribution is 0.162. The number of rotatable bonds is 5. The molecule has 5 rings (SSSR count). The second kappa shape index (κ2) is 7.79. The number of carbonyl (C=O) groups excluding carboxylic acids is 1. The molecule has 5 nitrogen and oxygen atoms in total. The van der Waals surface area contributed by atoms with Crippen LogP contribution in [0.5, 0.6) is 0 Å². The second-order valence-electron chi connectivity index (χ2n) is 9.03. The monoisotopic (exact) mass is 390 g/mol. The molecule has 0 radical (unpaired) electrons. The molecular formula is C24H30N4O. The third kappa shape index (κ3) is 4.01. The summed E-state index contributed by atoms with van der Waals surface area (Å²) in [5.74, 6) is 0.661. The molecule has 1 aliphatic carbocycles. The summed E-state index contributed by atoms with van der Waals surface area (Å²) in [7, 11) is 0. The molecule has 1 unspecified atom stereocenters. The van der Waals surface area contributed by atoms with Crippen LogP contribution < -0.4 is 5.32 Å². The van der Waals surface area contributed by atoms with Gasteiger partial charge in [-0.25, -0.2) is 4.79 Å². The Hall–Kier alpha value is -2.40. The minimum atomic E-state index is 0.0727. The van der Waals surface area contributed by atoms with Crippen molar-refractivity contribution in [2.75, 3.05) is 26.2 Å². The first-order chi connectivity index (χ1) is 14.2. The number of benzene rings is 1. The van der Waals surface area contributed by atoms with E-state index in [1.54, 1.807) is 6.20 Å². The minimum Gasteiger partial charge on any atom is -0.338 e. The van der Waals surface area contributed by atoms with Crippen LogP contribution in [0.25, 0.3) is 0 Å². The van der Waals surface area contributed by atoms with Gasteiger partial charge in [0.15, 0.2) is 0 Å². The van der Waals surface area contributed by atoms with E-state index in [-0.39, 0.29) is 6.03 Å². The summed E-state index contributed by atoms with van der Waals surface area (Å²) < 4.78 is 0. The maximum absolute atomic E-state index is 12.6. The Balaban J connectivity index is 1.04. The highest BCUT2D eigenvalue weighted by molar-refractivity contribution is 5.75. The van der Waals surface area contributed by atoms with Crippen molar-refractivity contribution in [2.45, 2.75) is 38.8 Å². The van der Waals surface area contributed by atoms with E-state index in [1.807, 2.05) is 17.2 Å². The van der Waals surface area contributed by atoms with Crippen LogP contribution in [0.2, 0.25) is 0 Å². The fourth-order valence-electron chi connectivity index (χ4n) is 5.17. The number of piperidine rings is 1. The number of urea groups is 1. The first-order valence-corrected chi connectivity index (χ1v) is 10.9. The zero-order chi connectivity index (χ0) is 19.7. The Morgan fingerprint density at radius 1 is 1.10 bits per heavy atom. The lowest BCUT2D eigenvalue weighted by atomic mass is 9.90. The predicted octanol–water partition coefficient (Wildman–Crippen LogP) is 3.45. The van der Waals surface area contributed by atoms with Crippen molar-refractivity contribution in [1.29, 1.82) is 0 Å². The first-order valence-electron chi connectivity index (χ1n) is 10.9. The predicted molar refractivity (Wildman–Crippen MR) is 113 cm³/mol. The van der Waals surface area contributed by atoms with Crippen molar-refractivity contribution in [3.63, 3.8) is 0 Å². The van der Waals surface area contributed by atoms with Gasteiger partial charge in [-0.15, -0.1) is 0 Å². The molecule has 1 aromatic heterocycles. The van der Waals surface area contributed by atoms with Gasteiger partial charge in [0.25, 0.3) is 0 Å². The van der Waals surface area contributed by atoms with E-state index in [9.17, 15) is 4.79 Å². The van der Waals surface area contributed by atoms with Gasteiger partial charge in [-0.3, -0.25) is 4.98 Å². The van der Waals surface area contributed by atoms with E-state index in [1.165, 1.54) is 49.0 Å². The number of aromatic nitrogens is 1. The van der Waals surface area contributed by atoms with Crippen LogP contribution in [0.4, 0.5) is 4.79 Å². The van der Waals surface area contributed by atoms with E-state index in [2.05, 4.69) is 45.5 Å². The van der Waals surface area contributed by atoms with Crippen molar-refractivity contribution in [3.05, 3.63) is 65.5 Å². The van der Waals surface area contributed by atoms with Gasteiger partial charge in [0.05, 0.1) is 0 Å². The molecule has 3 heterocycles. The maximum Gasteiger partial charge on any atom is 0.318 e. The van der Waals surface area contributed by atoms with Crippen LogP contribution in [0, 0.1) is 11.3 Å². The van der Waals surface area contributed by atoms with Gasteiger partial charge in [0.2, 0.25) is 0 Å². The molecule has 3 aliphatic rings. The van der Waals surface area contributed by atoms with Crippen molar-refractivity contribution in [2.24, 2.45) is 11.3 Å². The second-order valence-corrected chi connectivity index (χ2v) is 9.03. The highest BCUT2D eigenvalue weighted by Crippen LogP contribution is 2.59. The highest BCUT2D eigenvalue weighted by atomic mass is 16.2. The number of pyridine rings is 1. The summed E-state index contributed by atoms with van der Waals surface area (Å²) in [6.07, 6.45) is 8.67. The van der Waals surface area contributed by atoms with E-state index < -0.39 is 0 Å². The third-order valence-electron chi connectivity index (χ3n) is 7.28. The van der Waals surface area contributed by atoms with Crippen molar-refractivity contribution < 1.29 is 4.79 Å². The molecule has 1 saturated heterocycles. The molecule has 0 bridgehead atoms. The number of nitrogens with zero attached hydrogens (tertiary/aromatic N) is 3. The molecule has 2 aliphatic heterocycles. The van der Waals surface area contributed by atoms with Gasteiger partial charge in [-0.1, -0.05) is 30.3 Å². The standard InChI is InChI=1S/C24H30N4O/c29-23(28-17-20-6-10-25-15-21(20)18-28)26-16-22-14-24(22)8-12-27(13-9-24)11-7-19-4-2-1-3-5-19/h1-6,10,15,22H,7-9,11-14,16-18H2,(H,26,29). The molecule has 2 aromatic rings. The molecule has 1 N–H and O–H groups in total. The largest absolute Gasteiger partial charge is 0.338 e. The minimum absolute atomic E-state index is 0.0727. The van der Waals surface area contributed by atoms with E-state index >= 15 is 0 Å². The Labute approximate surface area is 173 Å². The van der Waals surface area contributed by atoms with Crippen LogP contribution in [0.1, 0.15) is 36.0 Å². The molecule has 29 heavy (non-hydrogen) atoms. The normalized spacial score (nSPS) is 22.5. The van der Waals surface area contributed by atoms with Crippen LogP contribution in [0.3, 0.4) is 0 Å². The van der Waals surface area contributed by atoms with Gasteiger partial charge in [-0.05, 0) is 72.9 Å². The number of carbonyl (C=O) groups is 1. The number of fused-ring (bicyclic) bond motifs is 1. The number of hydrogen-bond acceptors (Lipinski definition) is 3. The van der Waals surface area contributed by atoms with Crippen molar-refractivity contribution in [1.82, 2.24) is 20.1 Å². The summed E-state index contributed by atoms with van der Waals surface area (Å²) in [6.45, 7) is 5.77. The van der Waals surface area contributed by atoms with E-state index in [0.717, 1.165) is 19.5 Å². The topological polar surface area (TPSA) is 48.5 Å². The Morgan fingerprint density at radius 3 is 2.69 bits per heavy atom. The van der Waals surface area contributed by atoms with Crippen molar-refractivity contribution >= 4 is 6.03 Å². The first kappa shape index (κ1) is 18.6. The van der Waals surface area contributed by atoms with Gasteiger partial charge in [0.1, 0.15) is 0 Å². The summed E-state index contributed by atoms with van der Waals surface area (Å²) in [4.78, 5) is 21.3. The molecule has 5 heteroatoms. The van der Waals surface area contributed by atoms with Gasteiger partial charge >= 0.3 is 6.03 Å². The highest BCUT2D eigenvalue weighted by Gasteiger charge is 2.54. The molecule has 2 amide bonds. The SMILES string of the molecule is O=C(NCC1CC12CCN(CCc1ccccc1)CC2)N1Cc2ccncc2C1. The van der Waals surface area contributed by atoms with Gasteiger partial charge in [-0.2, -0.15) is 0 Å². The average Bonchev–Trinajstić information content (AvgIpc) is 3.24. The zero-order valence-electron chi connectivity index (χ0n) is 17.0. The quantitative estimate of drug-likeness (QED) is 0.851. The number of nitrogens with one attached hydrogen (secondary N) is 1. The van der Waals surface area contributed by atoms with Crippen LogP contribution in [-0.4, -0.2) is 47.0 Å². The smallest absolute Gasteiger partial charge is 0.318 e. The van der Waals surface area contributed by atoms with Crippen LogP contribution in [-0.2, 0) is 19.5 Å². The number of amides is 2. The summed E-state index contributed by atoms with van der Waals surface area (Å²) >= 11 is 0. The fraction of sp³-hybridized carbons (Fsp3) is 0.500. The maximum atomic E-state index is 12.6. The Bertz CT molecular complexity index is 835. The molecule has 152 valence electrons. The van der Waals surface area contributed by atoms with Gasteiger partial charge < -0.3 is 15.1 Å². The Morgan fingerprint density at radius 2 is 1.90 bits per heavy atom. The zero-order valence-corrected chi connectivity index (χ0v) is 17.0. The molecule has 2 fully saturated rings. The van der Waals surface area contributed by atoms with Gasteiger partial charge in [0, 0.05) is 38.6 Å². The van der Waals surface area contributed by atoms with Crippen molar-refractivity contribution in [3.8, 4) is 0 Å². The lowest BCUT2D eigenvalue weighted by Gasteiger charge is -2.33. The Kier molecular flexibility index (Phi) is 5.00. The van der Waals surface area contributed by atoms with Crippen LogP contribution in [0.15, 0.2) is 48.8 Å². The van der Waals surface area contributed by atoms with E-state index in [4.69, 9.17) is 0 Å². The number of likely N-dealkylation sites (tertiary alicyclic amines) is 1. The molecule has 1 atom stereocenters. The molecule has 1 saturated carbocycles. The molecular weight excluding hydrogens is 360 g/mol. The lowest BCUT2D eigenvalue weighted by Crippen LogP contribution is -2.39. The number of hydrogen-bond donors (Lipinski definition) is 1. The fourth-order valence-corrected chi connectivity index (χ4v) is 5.17. The average molecular weight is 391 g/mol. The molecule has 1 spiro atoms.